The average Bonchev–Trinajstić information content (AvgIpc) is 2.48. The van der Waals surface area contributed by atoms with Crippen LogP contribution in [0.25, 0.3) is 0 Å². The second-order valence-corrected chi connectivity index (χ2v) is 6.73. The van der Waals surface area contributed by atoms with Crippen LogP contribution in [0.1, 0.15) is 34.1 Å². The molecule has 4 nitrogen and oxygen atoms in total. The molecule has 0 aromatic heterocycles. The molecule has 0 N–H and O–H groups in total. The Balaban J connectivity index is 0. The van der Waals surface area contributed by atoms with Crippen LogP contribution in [0.3, 0.4) is 0 Å². The summed E-state index contributed by atoms with van der Waals surface area (Å²) in [7, 11) is -4.94. The highest BCUT2D eigenvalue weighted by Crippen LogP contribution is 2.16. The number of halogens is 4. The third-order valence-electron chi connectivity index (χ3n) is 4.12. The molecule has 23 heavy (non-hydrogen) atoms. The smallest absolute Gasteiger partial charge is 0.163 e. The van der Waals surface area contributed by atoms with Gasteiger partial charge in [0, 0.05) is 6.42 Å². The van der Waals surface area contributed by atoms with Crippen LogP contribution in [0.4, 0.5) is 17.6 Å². The maximum Gasteiger partial charge on any atom is 0.163 e. The highest BCUT2D eigenvalue weighted by atomic mass is 32.2. The van der Waals surface area contributed by atoms with Crippen molar-refractivity contribution in [2.24, 2.45) is 0 Å². The van der Waals surface area contributed by atoms with Gasteiger partial charge in [-0.3, -0.25) is 4.39 Å². The van der Waals surface area contributed by atoms with Crippen molar-refractivity contribution in [2.45, 2.75) is 52.6 Å². The summed E-state index contributed by atoms with van der Waals surface area (Å²) < 4.78 is 80.3. The molecule has 0 spiro atoms. The minimum absolute atomic E-state index is 0.861. The number of nitrogens with zero attached hydrogens (tertiary/aromatic N) is 1. The SMILES string of the molecule is CC[N+](CC)(CC)CC.O=S(=O)([O-])CC(F)C(F)C(F)CCF. The van der Waals surface area contributed by atoms with Crippen LogP contribution in [0, 0.1) is 0 Å². The van der Waals surface area contributed by atoms with E-state index in [9.17, 15) is 30.5 Å². The standard InChI is InChI=1S/C8H20N.C6H10F4O3S/c1-5-9(6-2,7-3)8-4;7-2-1-4(8)6(10)5(9)3-14(11,12)13/h5-8H2,1-4H3;4-6H,1-3H2,(H,11,12,13)/q+1;/p-1. The topological polar surface area (TPSA) is 57.2 Å². The van der Waals surface area contributed by atoms with Crippen molar-refractivity contribution in [1.82, 2.24) is 0 Å². The molecule has 0 rings (SSSR count). The summed E-state index contributed by atoms with van der Waals surface area (Å²) in [4.78, 5) is 0. The van der Waals surface area contributed by atoms with E-state index >= 15 is 0 Å². The Labute approximate surface area is 137 Å². The summed E-state index contributed by atoms with van der Waals surface area (Å²) >= 11 is 0. The minimum Gasteiger partial charge on any atom is -0.748 e. The highest BCUT2D eigenvalue weighted by molar-refractivity contribution is 7.85. The lowest BCUT2D eigenvalue weighted by Crippen LogP contribution is -2.47. The molecule has 3 unspecified atom stereocenters. The number of alkyl halides is 4. The second-order valence-electron chi connectivity index (χ2n) is 5.28. The van der Waals surface area contributed by atoms with Gasteiger partial charge in [0.15, 0.2) is 6.17 Å². The molecule has 9 heteroatoms. The summed E-state index contributed by atoms with van der Waals surface area (Å²) in [6, 6.07) is 0. The van der Waals surface area contributed by atoms with Crippen LogP contribution in [0.15, 0.2) is 0 Å². The first kappa shape index (κ1) is 24.8. The molecule has 0 aromatic rings. The lowest BCUT2D eigenvalue weighted by atomic mass is 10.1. The van der Waals surface area contributed by atoms with E-state index in [1.807, 2.05) is 0 Å². The molecule has 0 radical (unpaired) electrons. The Morgan fingerprint density at radius 1 is 0.913 bits per heavy atom. The maximum absolute atomic E-state index is 12.6. The molecule has 0 heterocycles. The van der Waals surface area contributed by atoms with Crippen molar-refractivity contribution in [3.8, 4) is 0 Å². The highest BCUT2D eigenvalue weighted by Gasteiger charge is 2.30. The minimum atomic E-state index is -4.94. The van der Waals surface area contributed by atoms with Gasteiger partial charge in [-0.2, -0.15) is 0 Å². The Kier molecular flexibility index (Phi) is 13.0. The molecule has 0 aromatic carbocycles. The van der Waals surface area contributed by atoms with E-state index in [-0.39, 0.29) is 0 Å². The summed E-state index contributed by atoms with van der Waals surface area (Å²) in [5, 5.41) is 0. The largest absolute Gasteiger partial charge is 0.748 e. The Hall–Kier alpha value is -0.410. The second kappa shape index (κ2) is 12.0. The molecule has 0 aliphatic rings. The Morgan fingerprint density at radius 2 is 1.30 bits per heavy atom. The van der Waals surface area contributed by atoms with Gasteiger partial charge in [0.05, 0.1) is 48.7 Å². The van der Waals surface area contributed by atoms with Gasteiger partial charge >= 0.3 is 0 Å². The fourth-order valence-corrected chi connectivity index (χ4v) is 2.69. The molecule has 142 valence electrons. The molecule has 3 atom stereocenters. The van der Waals surface area contributed by atoms with Crippen molar-refractivity contribution in [2.75, 3.05) is 38.6 Å². The van der Waals surface area contributed by atoms with E-state index in [1.165, 1.54) is 30.7 Å². The van der Waals surface area contributed by atoms with Gasteiger partial charge in [-0.25, -0.2) is 21.6 Å². The first-order valence-electron chi connectivity index (χ1n) is 7.79. The zero-order valence-electron chi connectivity index (χ0n) is 14.3. The fraction of sp³-hybridized carbons (Fsp3) is 1.00. The summed E-state index contributed by atoms with van der Waals surface area (Å²) in [6.45, 7) is 13.0. The van der Waals surface area contributed by atoms with Crippen LogP contribution >= 0.6 is 0 Å². The zero-order chi connectivity index (χ0) is 18.7. The molecular formula is C14H29F4NO3S. The lowest BCUT2D eigenvalue weighted by Gasteiger charge is -2.34. The Bertz CT molecular complexity index is 374. The van der Waals surface area contributed by atoms with Crippen molar-refractivity contribution in [3.05, 3.63) is 0 Å². The van der Waals surface area contributed by atoms with E-state index in [2.05, 4.69) is 27.7 Å². The summed E-state index contributed by atoms with van der Waals surface area (Å²) in [6.07, 6.45) is -8.83. The van der Waals surface area contributed by atoms with Gasteiger partial charge in [0.25, 0.3) is 0 Å². The number of rotatable bonds is 10. The van der Waals surface area contributed by atoms with Crippen LogP contribution in [0.5, 0.6) is 0 Å². The van der Waals surface area contributed by atoms with Crippen LogP contribution < -0.4 is 0 Å². The first-order valence-corrected chi connectivity index (χ1v) is 9.36. The van der Waals surface area contributed by atoms with E-state index in [0.717, 1.165) is 0 Å². The molecule has 0 fully saturated rings. The van der Waals surface area contributed by atoms with Crippen molar-refractivity contribution in [1.29, 1.82) is 0 Å². The molecule has 0 amide bonds. The number of hydrogen-bond donors (Lipinski definition) is 0. The molecule has 0 saturated carbocycles. The summed E-state index contributed by atoms with van der Waals surface area (Å²) in [5.74, 6) is -1.64. The summed E-state index contributed by atoms with van der Waals surface area (Å²) in [5.41, 5.74) is 0. The van der Waals surface area contributed by atoms with Crippen LogP contribution in [-0.4, -0.2) is 74.6 Å². The van der Waals surface area contributed by atoms with Crippen molar-refractivity contribution in [3.63, 3.8) is 0 Å². The Morgan fingerprint density at radius 3 is 1.52 bits per heavy atom. The van der Waals surface area contributed by atoms with E-state index in [1.54, 1.807) is 0 Å². The molecule has 0 aliphatic heterocycles. The van der Waals surface area contributed by atoms with E-state index < -0.39 is 47.5 Å². The van der Waals surface area contributed by atoms with E-state index in [4.69, 9.17) is 0 Å². The fourth-order valence-electron chi connectivity index (χ4n) is 2.12. The van der Waals surface area contributed by atoms with Crippen molar-refractivity contribution < 1.29 is 35.0 Å². The van der Waals surface area contributed by atoms with Gasteiger partial charge < -0.3 is 9.04 Å². The van der Waals surface area contributed by atoms with Crippen LogP contribution in [0.2, 0.25) is 0 Å². The van der Waals surface area contributed by atoms with Gasteiger partial charge in [-0.05, 0) is 27.7 Å². The monoisotopic (exact) mass is 367 g/mol. The predicted octanol–water partition coefficient (Wildman–Crippen LogP) is 2.79. The van der Waals surface area contributed by atoms with Crippen molar-refractivity contribution >= 4 is 10.1 Å². The third kappa shape index (κ3) is 10.9. The number of hydrogen-bond acceptors (Lipinski definition) is 3. The number of quaternary nitrogens is 1. The van der Waals surface area contributed by atoms with Gasteiger partial charge in [-0.15, -0.1) is 0 Å². The first-order chi connectivity index (χ1) is 10.5. The molecule has 0 bridgehead atoms. The quantitative estimate of drug-likeness (QED) is 0.339. The van der Waals surface area contributed by atoms with Gasteiger partial charge in [0.1, 0.15) is 12.3 Å². The average molecular weight is 367 g/mol. The van der Waals surface area contributed by atoms with Gasteiger partial charge in [0.2, 0.25) is 0 Å². The normalized spacial score (nSPS) is 16.2. The lowest BCUT2D eigenvalue weighted by molar-refractivity contribution is -0.921. The molecular weight excluding hydrogens is 338 g/mol. The van der Waals surface area contributed by atoms with Crippen LogP contribution in [-0.2, 0) is 10.1 Å². The molecule has 0 saturated heterocycles. The predicted molar refractivity (Wildman–Crippen MR) is 82.3 cm³/mol. The van der Waals surface area contributed by atoms with E-state index in [0.29, 0.717) is 0 Å². The maximum atomic E-state index is 12.6. The van der Waals surface area contributed by atoms with Gasteiger partial charge in [-0.1, -0.05) is 0 Å². The molecule has 0 aliphatic carbocycles. The third-order valence-corrected chi connectivity index (χ3v) is 4.85. The zero-order valence-corrected chi connectivity index (χ0v) is 15.1.